The topological polar surface area (TPSA) is 76.1 Å². The summed E-state index contributed by atoms with van der Waals surface area (Å²) in [5.41, 5.74) is 2.46. The van der Waals surface area contributed by atoms with E-state index >= 15 is 0 Å². The van der Waals surface area contributed by atoms with Crippen LogP contribution in [0.3, 0.4) is 0 Å². The molecule has 31 heavy (non-hydrogen) atoms. The van der Waals surface area contributed by atoms with Crippen LogP contribution in [-0.4, -0.2) is 30.2 Å². The number of hydrogen-bond acceptors (Lipinski definition) is 4. The largest absolute Gasteiger partial charge is 0.493 e. The third kappa shape index (κ3) is 3.79. The molecule has 1 N–H and O–H groups in total. The maximum absolute atomic E-state index is 14.2. The number of carbonyl (C=O) groups excluding carboxylic acids is 1. The fourth-order valence-electron chi connectivity index (χ4n) is 3.97. The van der Waals surface area contributed by atoms with E-state index < -0.39 is 11.8 Å². The van der Waals surface area contributed by atoms with Gasteiger partial charge in [0.2, 0.25) is 0 Å². The van der Waals surface area contributed by atoms with Crippen LogP contribution in [0.15, 0.2) is 42.5 Å². The van der Waals surface area contributed by atoms with Crippen molar-refractivity contribution in [2.75, 3.05) is 18.1 Å². The minimum atomic E-state index is -0.916. The molecule has 1 aliphatic rings. The van der Waals surface area contributed by atoms with E-state index in [1.165, 1.54) is 12.1 Å². The highest BCUT2D eigenvalue weighted by atomic mass is 19.1. The highest BCUT2D eigenvalue weighted by Crippen LogP contribution is 2.43. The second-order valence-corrected chi connectivity index (χ2v) is 7.22. The maximum Gasteiger partial charge on any atom is 0.307 e. The Morgan fingerprint density at radius 2 is 1.74 bits per heavy atom. The summed E-state index contributed by atoms with van der Waals surface area (Å²) in [7, 11) is 0. The average Bonchev–Trinajstić information content (AvgIpc) is 3.06. The summed E-state index contributed by atoms with van der Waals surface area (Å²) < 4.78 is 25.6. The average molecular weight is 423 g/mol. The normalized spacial score (nSPS) is 12.9. The van der Waals surface area contributed by atoms with Crippen LogP contribution in [-0.2, 0) is 17.8 Å². The van der Waals surface area contributed by atoms with Crippen molar-refractivity contribution in [1.29, 1.82) is 0 Å². The van der Waals surface area contributed by atoms with Crippen molar-refractivity contribution in [2.24, 2.45) is 0 Å². The highest BCUT2D eigenvalue weighted by Gasteiger charge is 2.34. The summed E-state index contributed by atoms with van der Waals surface area (Å²) in [6, 6.07) is 11.3. The third-order valence-corrected chi connectivity index (χ3v) is 5.21. The first-order chi connectivity index (χ1) is 14.9. The Morgan fingerprint density at radius 1 is 1.06 bits per heavy atom. The van der Waals surface area contributed by atoms with E-state index in [2.05, 4.69) is 0 Å². The van der Waals surface area contributed by atoms with Crippen LogP contribution in [0.5, 0.6) is 11.5 Å². The Kier molecular flexibility index (Phi) is 5.50. The molecule has 3 aromatic carbocycles. The highest BCUT2D eigenvalue weighted by molar-refractivity contribution is 6.19. The molecule has 160 valence electrons. The van der Waals surface area contributed by atoms with Gasteiger partial charge in [-0.25, -0.2) is 4.39 Å². The molecule has 0 spiro atoms. The second kappa shape index (κ2) is 8.26. The number of halogens is 1. The number of amides is 1. The molecule has 0 saturated heterocycles. The number of nitrogens with zero attached hydrogens (tertiary/aromatic N) is 1. The number of rotatable bonds is 7. The number of fused-ring (bicyclic) bond motifs is 3. The van der Waals surface area contributed by atoms with Crippen LogP contribution in [0.4, 0.5) is 10.1 Å². The van der Waals surface area contributed by atoms with Gasteiger partial charge in [-0.1, -0.05) is 12.1 Å². The van der Waals surface area contributed by atoms with Crippen LogP contribution in [0, 0.1) is 5.82 Å². The van der Waals surface area contributed by atoms with Gasteiger partial charge in [-0.2, -0.15) is 0 Å². The van der Waals surface area contributed by atoms with E-state index in [1.54, 1.807) is 42.2 Å². The number of hydrogen-bond donors (Lipinski definition) is 1. The number of anilines is 1. The Labute approximate surface area is 178 Å². The summed E-state index contributed by atoms with van der Waals surface area (Å²) in [5, 5.41) is 10.1. The summed E-state index contributed by atoms with van der Waals surface area (Å²) in [5.74, 6) is -0.740. The molecular formula is C24H22FNO5. The molecule has 3 aromatic rings. The SMILES string of the molecule is CCOc1cc2cc(F)cc(OCC)c2c2c1CN(c1ccc(CC(=O)O)cc1)C2=O. The molecule has 0 unspecified atom stereocenters. The van der Waals surface area contributed by atoms with Crippen molar-refractivity contribution in [3.8, 4) is 11.5 Å². The number of carbonyl (C=O) groups is 2. The van der Waals surface area contributed by atoms with E-state index in [0.717, 1.165) is 5.56 Å². The lowest BCUT2D eigenvalue weighted by atomic mass is 9.98. The van der Waals surface area contributed by atoms with E-state index in [1.807, 2.05) is 6.92 Å². The fraction of sp³-hybridized carbons (Fsp3) is 0.250. The van der Waals surface area contributed by atoms with Crippen LogP contribution >= 0.6 is 0 Å². The smallest absolute Gasteiger partial charge is 0.307 e. The zero-order chi connectivity index (χ0) is 22.1. The molecule has 0 saturated carbocycles. The summed E-state index contributed by atoms with van der Waals surface area (Å²) in [4.78, 5) is 26.0. The lowest BCUT2D eigenvalue weighted by Gasteiger charge is -2.16. The standard InChI is InChI=1S/C24H22FNO5/c1-3-30-19-11-15-10-16(25)12-20(31-4-2)22(15)23-18(19)13-26(24(23)29)17-7-5-14(6-8-17)9-21(27)28/h5-8,10-12H,3-4,9,13H2,1-2H3,(H,27,28). The molecule has 0 fully saturated rings. The van der Waals surface area contributed by atoms with Gasteiger partial charge in [0.15, 0.2) is 0 Å². The Morgan fingerprint density at radius 3 is 2.39 bits per heavy atom. The Balaban J connectivity index is 1.84. The lowest BCUT2D eigenvalue weighted by molar-refractivity contribution is -0.136. The minimum Gasteiger partial charge on any atom is -0.493 e. The van der Waals surface area contributed by atoms with Gasteiger partial charge in [0, 0.05) is 22.7 Å². The van der Waals surface area contributed by atoms with Crippen LogP contribution in [0.1, 0.15) is 35.3 Å². The molecule has 0 radical (unpaired) electrons. The van der Waals surface area contributed by atoms with E-state index in [0.29, 0.717) is 58.8 Å². The van der Waals surface area contributed by atoms with E-state index in [-0.39, 0.29) is 12.3 Å². The van der Waals surface area contributed by atoms with Gasteiger partial charge in [-0.05, 0) is 49.1 Å². The number of aliphatic carboxylic acids is 1. The molecule has 6 nitrogen and oxygen atoms in total. The molecule has 7 heteroatoms. The molecule has 1 aliphatic heterocycles. The van der Waals surface area contributed by atoms with Gasteiger partial charge in [-0.15, -0.1) is 0 Å². The van der Waals surface area contributed by atoms with Crippen LogP contribution in [0.25, 0.3) is 10.8 Å². The number of carboxylic acids is 1. The van der Waals surface area contributed by atoms with Gasteiger partial charge in [0.1, 0.15) is 17.3 Å². The monoisotopic (exact) mass is 423 g/mol. The maximum atomic E-state index is 14.2. The Hall–Kier alpha value is -3.61. The summed E-state index contributed by atoms with van der Waals surface area (Å²) in [6.45, 7) is 4.69. The molecule has 1 amide bonds. The predicted molar refractivity (Wildman–Crippen MR) is 115 cm³/mol. The van der Waals surface area contributed by atoms with Crippen molar-refractivity contribution < 1.29 is 28.6 Å². The number of carboxylic acid groups (broad SMARTS) is 1. The van der Waals surface area contributed by atoms with Crippen molar-refractivity contribution >= 4 is 28.3 Å². The van der Waals surface area contributed by atoms with E-state index in [9.17, 15) is 14.0 Å². The minimum absolute atomic E-state index is 0.0865. The zero-order valence-corrected chi connectivity index (χ0v) is 17.3. The van der Waals surface area contributed by atoms with E-state index in [4.69, 9.17) is 14.6 Å². The molecule has 0 atom stereocenters. The quantitative estimate of drug-likeness (QED) is 0.603. The van der Waals surface area contributed by atoms with Gasteiger partial charge in [0.05, 0.1) is 31.7 Å². The van der Waals surface area contributed by atoms with Gasteiger partial charge in [-0.3, -0.25) is 9.59 Å². The first-order valence-electron chi connectivity index (χ1n) is 10.1. The molecule has 1 heterocycles. The fourth-order valence-corrected chi connectivity index (χ4v) is 3.97. The van der Waals surface area contributed by atoms with Gasteiger partial charge >= 0.3 is 5.97 Å². The van der Waals surface area contributed by atoms with Crippen molar-refractivity contribution in [2.45, 2.75) is 26.8 Å². The first-order valence-corrected chi connectivity index (χ1v) is 10.1. The van der Waals surface area contributed by atoms with Crippen molar-refractivity contribution in [3.05, 3.63) is 65.0 Å². The Bertz CT molecular complexity index is 1170. The summed E-state index contributed by atoms with van der Waals surface area (Å²) in [6.07, 6.45) is -0.0865. The number of ether oxygens (including phenoxy) is 2. The third-order valence-electron chi connectivity index (χ3n) is 5.21. The zero-order valence-electron chi connectivity index (χ0n) is 17.3. The van der Waals surface area contributed by atoms with Crippen molar-refractivity contribution in [3.63, 3.8) is 0 Å². The van der Waals surface area contributed by atoms with Crippen molar-refractivity contribution in [1.82, 2.24) is 0 Å². The molecular weight excluding hydrogens is 401 g/mol. The summed E-state index contributed by atoms with van der Waals surface area (Å²) >= 11 is 0. The molecule has 4 rings (SSSR count). The van der Waals surface area contributed by atoms with Gasteiger partial charge < -0.3 is 19.5 Å². The molecule has 0 aromatic heterocycles. The molecule has 0 bridgehead atoms. The first kappa shape index (κ1) is 20.7. The second-order valence-electron chi connectivity index (χ2n) is 7.22. The molecule has 0 aliphatic carbocycles. The van der Waals surface area contributed by atoms with Crippen LogP contribution in [0.2, 0.25) is 0 Å². The van der Waals surface area contributed by atoms with Gasteiger partial charge in [0.25, 0.3) is 5.91 Å². The van der Waals surface area contributed by atoms with Crippen LogP contribution < -0.4 is 14.4 Å². The lowest BCUT2D eigenvalue weighted by Crippen LogP contribution is -2.23. The predicted octanol–water partition coefficient (Wildman–Crippen LogP) is 4.56. The number of benzene rings is 3.